The molecule has 0 heterocycles. The number of benzene rings is 1. The average Bonchev–Trinajstić information content (AvgIpc) is 2.03. The van der Waals surface area contributed by atoms with Crippen molar-refractivity contribution in [1.82, 2.24) is 0 Å². The highest BCUT2D eigenvalue weighted by molar-refractivity contribution is 5.92. The van der Waals surface area contributed by atoms with Gasteiger partial charge in [-0.15, -0.1) is 0 Å². The third kappa shape index (κ3) is 5.59. The summed E-state index contributed by atoms with van der Waals surface area (Å²) in [6, 6.07) is 6.47. The van der Waals surface area contributed by atoms with Crippen molar-refractivity contribution in [2.24, 2.45) is 5.73 Å². The molecule has 1 amide bonds. The first-order chi connectivity index (χ1) is 6.43. The van der Waals surface area contributed by atoms with Crippen LogP contribution in [0.3, 0.4) is 0 Å². The molecule has 0 aliphatic rings. The third-order valence-corrected chi connectivity index (χ3v) is 1.20. The fraction of sp³-hybridized carbons (Fsp3) is 0.111. The van der Waals surface area contributed by atoms with Crippen molar-refractivity contribution in [3.8, 4) is 0 Å². The lowest BCUT2D eigenvalue weighted by Gasteiger charge is -1.93. The van der Waals surface area contributed by atoms with E-state index in [1.54, 1.807) is 24.3 Å². The molecule has 0 fully saturated rings. The van der Waals surface area contributed by atoms with Crippen molar-refractivity contribution in [3.05, 3.63) is 29.8 Å². The van der Waals surface area contributed by atoms with E-state index in [-0.39, 0.29) is 0 Å². The van der Waals surface area contributed by atoms with Gasteiger partial charge in [0.2, 0.25) is 5.91 Å². The van der Waals surface area contributed by atoms with Gasteiger partial charge in [-0.1, -0.05) is 0 Å². The van der Waals surface area contributed by atoms with Gasteiger partial charge in [0.05, 0.1) is 0 Å². The zero-order valence-corrected chi connectivity index (χ0v) is 7.73. The summed E-state index contributed by atoms with van der Waals surface area (Å²) in [6.07, 6.45) is 0. The van der Waals surface area contributed by atoms with E-state index >= 15 is 0 Å². The maximum atomic E-state index is 10.5. The van der Waals surface area contributed by atoms with E-state index in [0.29, 0.717) is 11.3 Å². The van der Waals surface area contributed by atoms with Crippen LogP contribution in [0.25, 0.3) is 0 Å². The minimum absolute atomic E-state index is 0.431. The SMILES string of the molecule is CC(=O)O.NC(=O)c1ccc(N)cc1. The maximum absolute atomic E-state index is 10.5. The summed E-state index contributed by atoms with van der Waals surface area (Å²) < 4.78 is 0. The summed E-state index contributed by atoms with van der Waals surface area (Å²) >= 11 is 0. The number of anilines is 1. The van der Waals surface area contributed by atoms with Crippen LogP contribution in [0.2, 0.25) is 0 Å². The molecule has 1 rings (SSSR count). The average molecular weight is 196 g/mol. The molecular formula is C9H12N2O3. The Morgan fingerprint density at radius 3 is 1.86 bits per heavy atom. The minimum atomic E-state index is -0.833. The molecule has 1 aromatic carbocycles. The fourth-order valence-corrected chi connectivity index (χ4v) is 0.647. The number of primary amides is 1. The van der Waals surface area contributed by atoms with E-state index in [0.717, 1.165) is 6.92 Å². The van der Waals surface area contributed by atoms with Crippen LogP contribution in [0.1, 0.15) is 17.3 Å². The monoisotopic (exact) mass is 196 g/mol. The highest BCUT2D eigenvalue weighted by Crippen LogP contribution is 2.03. The Balaban J connectivity index is 0.000000364. The maximum Gasteiger partial charge on any atom is 0.300 e. The van der Waals surface area contributed by atoms with Crippen molar-refractivity contribution < 1.29 is 14.7 Å². The number of hydrogen-bond donors (Lipinski definition) is 3. The van der Waals surface area contributed by atoms with Crippen molar-refractivity contribution >= 4 is 17.6 Å². The van der Waals surface area contributed by atoms with Crippen LogP contribution in [-0.4, -0.2) is 17.0 Å². The standard InChI is InChI=1S/C7H8N2O.C2H4O2/c8-6-3-1-5(2-4-6)7(9)10;1-2(3)4/h1-4H,8H2,(H2,9,10);1H3,(H,3,4). The van der Waals surface area contributed by atoms with Crippen LogP contribution in [0.5, 0.6) is 0 Å². The van der Waals surface area contributed by atoms with Crippen LogP contribution >= 0.6 is 0 Å². The van der Waals surface area contributed by atoms with E-state index in [9.17, 15) is 4.79 Å². The first-order valence-corrected chi connectivity index (χ1v) is 3.78. The van der Waals surface area contributed by atoms with E-state index in [2.05, 4.69) is 0 Å². The topological polar surface area (TPSA) is 106 Å². The van der Waals surface area contributed by atoms with Crippen molar-refractivity contribution in [1.29, 1.82) is 0 Å². The summed E-state index contributed by atoms with van der Waals surface area (Å²) in [6.45, 7) is 1.08. The number of aliphatic carboxylic acids is 1. The van der Waals surface area contributed by atoms with Gasteiger partial charge in [-0.3, -0.25) is 9.59 Å². The fourth-order valence-electron chi connectivity index (χ4n) is 0.647. The zero-order chi connectivity index (χ0) is 11.1. The van der Waals surface area contributed by atoms with Gasteiger partial charge in [-0.25, -0.2) is 0 Å². The van der Waals surface area contributed by atoms with Crippen molar-refractivity contribution in [2.45, 2.75) is 6.92 Å². The van der Waals surface area contributed by atoms with Crippen LogP contribution in [-0.2, 0) is 4.79 Å². The van der Waals surface area contributed by atoms with Crippen molar-refractivity contribution in [2.75, 3.05) is 5.73 Å². The lowest BCUT2D eigenvalue weighted by Crippen LogP contribution is -2.10. The molecule has 76 valence electrons. The summed E-state index contributed by atoms with van der Waals surface area (Å²) in [5, 5.41) is 7.42. The minimum Gasteiger partial charge on any atom is -0.481 e. The Hall–Kier alpha value is -2.04. The molecule has 0 unspecified atom stereocenters. The first kappa shape index (κ1) is 12.0. The van der Waals surface area contributed by atoms with Crippen LogP contribution in [0.4, 0.5) is 5.69 Å². The normalized spacial score (nSPS) is 8.36. The van der Waals surface area contributed by atoms with Gasteiger partial charge < -0.3 is 16.6 Å². The van der Waals surface area contributed by atoms with E-state index < -0.39 is 11.9 Å². The number of carboxylic acid groups (broad SMARTS) is 1. The Morgan fingerprint density at radius 1 is 1.21 bits per heavy atom. The summed E-state index contributed by atoms with van der Waals surface area (Å²) in [4.78, 5) is 19.5. The van der Waals surface area contributed by atoms with Gasteiger partial charge in [0, 0.05) is 18.2 Å². The van der Waals surface area contributed by atoms with Crippen molar-refractivity contribution in [3.63, 3.8) is 0 Å². The molecule has 0 bridgehead atoms. The molecule has 0 saturated carbocycles. The Morgan fingerprint density at radius 2 is 1.57 bits per heavy atom. The Kier molecular flexibility index (Phi) is 4.77. The van der Waals surface area contributed by atoms with E-state index in [1.165, 1.54) is 0 Å². The lowest BCUT2D eigenvalue weighted by molar-refractivity contribution is -0.134. The van der Waals surface area contributed by atoms with E-state index in [1.807, 2.05) is 0 Å². The number of carbonyl (C=O) groups is 2. The van der Waals surface area contributed by atoms with E-state index in [4.69, 9.17) is 21.4 Å². The quantitative estimate of drug-likeness (QED) is 0.567. The van der Waals surface area contributed by atoms with Gasteiger partial charge in [0.25, 0.3) is 5.97 Å². The van der Waals surface area contributed by atoms with Crippen LogP contribution in [0.15, 0.2) is 24.3 Å². The lowest BCUT2D eigenvalue weighted by atomic mass is 10.2. The smallest absolute Gasteiger partial charge is 0.300 e. The highest BCUT2D eigenvalue weighted by Gasteiger charge is 1.96. The van der Waals surface area contributed by atoms with Crippen LogP contribution < -0.4 is 11.5 Å². The second-order valence-electron chi connectivity index (χ2n) is 2.51. The number of carboxylic acids is 1. The highest BCUT2D eigenvalue weighted by atomic mass is 16.4. The van der Waals surface area contributed by atoms with Gasteiger partial charge in [0.15, 0.2) is 0 Å². The molecule has 0 aromatic heterocycles. The van der Waals surface area contributed by atoms with Gasteiger partial charge in [-0.2, -0.15) is 0 Å². The largest absolute Gasteiger partial charge is 0.481 e. The molecule has 5 N–H and O–H groups in total. The third-order valence-electron chi connectivity index (χ3n) is 1.20. The van der Waals surface area contributed by atoms with Gasteiger partial charge >= 0.3 is 0 Å². The number of nitrogens with two attached hydrogens (primary N) is 2. The molecule has 0 saturated heterocycles. The number of amides is 1. The molecule has 0 spiro atoms. The molecule has 0 aliphatic heterocycles. The summed E-state index contributed by atoms with van der Waals surface area (Å²) in [7, 11) is 0. The second kappa shape index (κ2) is 5.58. The molecule has 0 atom stereocenters. The predicted octanol–water partition coefficient (Wildman–Crippen LogP) is 0.459. The summed E-state index contributed by atoms with van der Waals surface area (Å²) in [5.74, 6) is -1.26. The molecule has 1 aromatic rings. The van der Waals surface area contributed by atoms with Gasteiger partial charge in [0.1, 0.15) is 0 Å². The molecule has 0 aliphatic carbocycles. The zero-order valence-electron chi connectivity index (χ0n) is 7.73. The molecule has 14 heavy (non-hydrogen) atoms. The number of carbonyl (C=O) groups excluding carboxylic acids is 1. The van der Waals surface area contributed by atoms with Gasteiger partial charge in [-0.05, 0) is 24.3 Å². The predicted molar refractivity (Wildman–Crippen MR) is 52.7 cm³/mol. The van der Waals surface area contributed by atoms with Crippen LogP contribution in [0, 0.1) is 0 Å². The first-order valence-electron chi connectivity index (χ1n) is 3.78. The molecule has 0 radical (unpaired) electrons. The number of hydrogen-bond acceptors (Lipinski definition) is 3. The summed E-state index contributed by atoms with van der Waals surface area (Å²) in [5.41, 5.74) is 11.5. The Labute approximate surface area is 81.3 Å². The second-order valence-corrected chi connectivity index (χ2v) is 2.51. The molecular weight excluding hydrogens is 184 g/mol. The number of rotatable bonds is 1. The molecule has 5 nitrogen and oxygen atoms in total. The Bertz CT molecular complexity index is 315. The molecule has 5 heteroatoms. The number of nitrogen functional groups attached to an aromatic ring is 1.